The van der Waals surface area contributed by atoms with Crippen molar-refractivity contribution in [3.05, 3.63) is 21.9 Å². The Labute approximate surface area is 86.0 Å². The van der Waals surface area contributed by atoms with Crippen LogP contribution in [0.15, 0.2) is 12.1 Å². The number of hydrogen-bond acceptors (Lipinski definition) is 3. The van der Waals surface area contributed by atoms with Gasteiger partial charge in [0, 0.05) is 15.5 Å². The lowest BCUT2D eigenvalue weighted by atomic mass is 10.1. The Hall–Kier alpha value is -0.480. The van der Waals surface area contributed by atoms with Crippen molar-refractivity contribution in [3.8, 4) is 0 Å². The number of carbonyl (C=O) groups is 1. The highest BCUT2D eigenvalue weighted by Gasteiger charge is 2.20. The van der Waals surface area contributed by atoms with Gasteiger partial charge in [-0.15, -0.1) is 11.3 Å². The topological polar surface area (TPSA) is 37.3 Å². The van der Waals surface area contributed by atoms with Gasteiger partial charge in [-0.1, -0.05) is 0 Å². The van der Waals surface area contributed by atoms with Crippen molar-refractivity contribution >= 4 is 29.1 Å². The minimum absolute atomic E-state index is 0.339. The van der Waals surface area contributed by atoms with Crippen LogP contribution in [-0.4, -0.2) is 23.1 Å². The van der Waals surface area contributed by atoms with Gasteiger partial charge in [0.2, 0.25) is 0 Å². The molecule has 0 aliphatic carbocycles. The van der Waals surface area contributed by atoms with Gasteiger partial charge >= 0.3 is 5.97 Å². The largest absolute Gasteiger partial charge is 0.481 e. The molecule has 0 radical (unpaired) electrons. The highest BCUT2D eigenvalue weighted by atomic mass is 32.2. The standard InChI is InChI=1S/C9H12O2S2/c1-6-3-4-8(13-6)7(5-12-2)9(10)11/h3-4,7H,5H2,1-2H3,(H,10,11). The fourth-order valence-corrected chi connectivity index (χ4v) is 2.81. The summed E-state index contributed by atoms with van der Waals surface area (Å²) < 4.78 is 0. The third kappa shape index (κ3) is 2.74. The number of thioether (sulfide) groups is 1. The molecule has 0 fully saturated rings. The maximum absolute atomic E-state index is 10.9. The Bertz CT molecular complexity index is 294. The number of rotatable bonds is 4. The molecule has 0 aliphatic rings. The molecule has 0 bridgehead atoms. The van der Waals surface area contributed by atoms with Crippen LogP contribution in [0.2, 0.25) is 0 Å². The Balaban J connectivity index is 2.81. The molecule has 0 saturated carbocycles. The van der Waals surface area contributed by atoms with Crippen molar-refractivity contribution in [2.24, 2.45) is 0 Å². The maximum atomic E-state index is 10.9. The maximum Gasteiger partial charge on any atom is 0.312 e. The Morgan fingerprint density at radius 3 is 2.77 bits per heavy atom. The molecular weight excluding hydrogens is 204 g/mol. The van der Waals surface area contributed by atoms with E-state index in [1.54, 1.807) is 23.1 Å². The predicted octanol–water partition coefficient (Wildman–Crippen LogP) is 2.59. The van der Waals surface area contributed by atoms with E-state index in [4.69, 9.17) is 5.11 Å². The second-order valence-corrected chi connectivity index (χ2v) is 5.02. The molecule has 2 nitrogen and oxygen atoms in total. The molecule has 13 heavy (non-hydrogen) atoms. The molecule has 1 unspecified atom stereocenters. The van der Waals surface area contributed by atoms with E-state index in [2.05, 4.69) is 0 Å². The SMILES string of the molecule is CSCC(C(=O)O)c1ccc(C)s1. The first-order valence-corrected chi connectivity index (χ1v) is 6.14. The zero-order chi connectivity index (χ0) is 9.84. The van der Waals surface area contributed by atoms with Gasteiger partial charge in [-0.2, -0.15) is 11.8 Å². The van der Waals surface area contributed by atoms with Crippen LogP contribution in [0.3, 0.4) is 0 Å². The number of carboxylic acid groups (broad SMARTS) is 1. The van der Waals surface area contributed by atoms with Crippen molar-refractivity contribution in [1.82, 2.24) is 0 Å². The molecule has 1 atom stereocenters. The molecule has 1 N–H and O–H groups in total. The first kappa shape index (κ1) is 10.6. The Morgan fingerprint density at radius 1 is 1.69 bits per heavy atom. The quantitative estimate of drug-likeness (QED) is 0.840. The highest BCUT2D eigenvalue weighted by Crippen LogP contribution is 2.26. The van der Waals surface area contributed by atoms with Crippen LogP contribution in [0.4, 0.5) is 0 Å². The third-order valence-corrected chi connectivity index (χ3v) is 3.52. The molecule has 0 amide bonds. The van der Waals surface area contributed by atoms with E-state index in [0.29, 0.717) is 5.75 Å². The molecule has 1 heterocycles. The predicted molar refractivity (Wildman–Crippen MR) is 57.8 cm³/mol. The summed E-state index contributed by atoms with van der Waals surface area (Å²) in [5, 5.41) is 8.96. The average Bonchev–Trinajstić information content (AvgIpc) is 2.46. The summed E-state index contributed by atoms with van der Waals surface area (Å²) in [5.41, 5.74) is 0. The van der Waals surface area contributed by atoms with Crippen LogP contribution in [0, 0.1) is 6.92 Å². The summed E-state index contributed by atoms with van der Waals surface area (Å²) >= 11 is 3.14. The summed E-state index contributed by atoms with van der Waals surface area (Å²) in [5.74, 6) is -0.417. The minimum atomic E-state index is -0.726. The van der Waals surface area contributed by atoms with Crippen LogP contribution < -0.4 is 0 Å². The monoisotopic (exact) mass is 216 g/mol. The fourth-order valence-electron chi connectivity index (χ4n) is 1.08. The van der Waals surface area contributed by atoms with Gasteiger partial charge in [0.1, 0.15) is 0 Å². The van der Waals surface area contributed by atoms with Crippen LogP contribution in [0.5, 0.6) is 0 Å². The van der Waals surface area contributed by atoms with Crippen molar-refractivity contribution in [1.29, 1.82) is 0 Å². The van der Waals surface area contributed by atoms with E-state index in [-0.39, 0.29) is 5.92 Å². The summed E-state index contributed by atoms with van der Waals surface area (Å²) in [6, 6.07) is 3.88. The lowest BCUT2D eigenvalue weighted by Crippen LogP contribution is -2.12. The lowest BCUT2D eigenvalue weighted by molar-refractivity contribution is -0.138. The molecule has 1 aromatic rings. The normalized spacial score (nSPS) is 12.8. The van der Waals surface area contributed by atoms with Crippen LogP contribution in [-0.2, 0) is 4.79 Å². The minimum Gasteiger partial charge on any atom is -0.481 e. The number of carboxylic acids is 1. The first-order valence-electron chi connectivity index (χ1n) is 3.93. The molecule has 0 saturated heterocycles. The van der Waals surface area contributed by atoms with Crippen molar-refractivity contribution in [2.45, 2.75) is 12.8 Å². The van der Waals surface area contributed by atoms with E-state index in [9.17, 15) is 4.79 Å². The van der Waals surface area contributed by atoms with Crippen molar-refractivity contribution < 1.29 is 9.90 Å². The summed E-state index contributed by atoms with van der Waals surface area (Å²) in [7, 11) is 0. The number of hydrogen-bond donors (Lipinski definition) is 1. The van der Waals surface area contributed by atoms with Gasteiger partial charge in [-0.05, 0) is 25.3 Å². The zero-order valence-electron chi connectivity index (χ0n) is 7.61. The molecule has 4 heteroatoms. The van der Waals surface area contributed by atoms with Crippen molar-refractivity contribution in [2.75, 3.05) is 12.0 Å². The summed E-state index contributed by atoms with van der Waals surface area (Å²) in [6.45, 7) is 1.99. The molecule has 72 valence electrons. The first-order chi connectivity index (χ1) is 6.15. The van der Waals surface area contributed by atoms with Gasteiger partial charge in [-0.25, -0.2) is 0 Å². The van der Waals surface area contributed by atoms with E-state index in [0.717, 1.165) is 4.88 Å². The van der Waals surface area contributed by atoms with Gasteiger partial charge in [0.25, 0.3) is 0 Å². The molecule has 0 aromatic carbocycles. The van der Waals surface area contributed by atoms with Crippen molar-refractivity contribution in [3.63, 3.8) is 0 Å². The zero-order valence-corrected chi connectivity index (χ0v) is 9.24. The third-order valence-electron chi connectivity index (χ3n) is 1.74. The Morgan fingerprint density at radius 2 is 2.38 bits per heavy atom. The van der Waals surface area contributed by atoms with E-state index < -0.39 is 5.97 Å². The van der Waals surface area contributed by atoms with Crippen LogP contribution in [0.1, 0.15) is 15.7 Å². The van der Waals surface area contributed by atoms with E-state index >= 15 is 0 Å². The van der Waals surface area contributed by atoms with Gasteiger partial charge < -0.3 is 5.11 Å². The number of aryl methyl sites for hydroxylation is 1. The van der Waals surface area contributed by atoms with Gasteiger partial charge in [0.15, 0.2) is 0 Å². The molecule has 1 aromatic heterocycles. The van der Waals surface area contributed by atoms with Crippen LogP contribution >= 0.6 is 23.1 Å². The summed E-state index contributed by atoms with van der Waals surface area (Å²) in [4.78, 5) is 13.0. The van der Waals surface area contributed by atoms with Gasteiger partial charge in [-0.3, -0.25) is 4.79 Å². The second-order valence-electron chi connectivity index (χ2n) is 2.79. The fraction of sp³-hybridized carbons (Fsp3) is 0.444. The summed E-state index contributed by atoms with van der Waals surface area (Å²) in [6.07, 6.45) is 1.93. The van der Waals surface area contributed by atoms with Gasteiger partial charge in [0.05, 0.1) is 5.92 Å². The molecule has 0 spiro atoms. The van der Waals surface area contributed by atoms with E-state index in [1.165, 1.54) is 4.88 Å². The van der Waals surface area contributed by atoms with Crippen LogP contribution in [0.25, 0.3) is 0 Å². The number of aliphatic carboxylic acids is 1. The molecule has 1 rings (SSSR count). The highest BCUT2D eigenvalue weighted by molar-refractivity contribution is 7.98. The van der Waals surface area contributed by atoms with E-state index in [1.807, 2.05) is 25.3 Å². The average molecular weight is 216 g/mol. The molecule has 0 aliphatic heterocycles. The lowest BCUT2D eigenvalue weighted by Gasteiger charge is -2.07. The smallest absolute Gasteiger partial charge is 0.312 e. The molecular formula is C9H12O2S2. The second kappa shape index (κ2) is 4.67. The Kier molecular flexibility index (Phi) is 3.81. The number of thiophene rings is 1.